The van der Waals surface area contributed by atoms with E-state index in [0.29, 0.717) is 11.3 Å². The fourth-order valence-electron chi connectivity index (χ4n) is 2.81. The fourth-order valence-corrected chi connectivity index (χ4v) is 3.65. The zero-order chi connectivity index (χ0) is 21.1. The molecule has 0 aromatic heterocycles. The molecule has 2 aromatic rings. The second-order valence-electron chi connectivity index (χ2n) is 6.43. The molecular weight excluding hydrogens is 394 g/mol. The number of carbonyl (C=O) groups is 3. The molecular formula is C20H17N3O5S. The molecule has 0 saturated carbocycles. The monoisotopic (exact) mass is 411 g/mol. The molecule has 1 aliphatic rings. The Labute approximate surface area is 170 Å². The van der Waals surface area contributed by atoms with Crippen molar-refractivity contribution in [2.75, 3.05) is 11.9 Å². The highest BCUT2D eigenvalue weighted by molar-refractivity contribution is 8.18. The third-order valence-corrected chi connectivity index (χ3v) is 5.23. The number of thioether (sulfide) groups is 1. The summed E-state index contributed by atoms with van der Waals surface area (Å²) >= 11 is 0.726. The molecule has 1 N–H and O–H groups in total. The number of rotatable bonds is 5. The number of anilines is 1. The molecule has 8 nitrogen and oxygen atoms in total. The van der Waals surface area contributed by atoms with Gasteiger partial charge < -0.3 is 5.32 Å². The molecule has 2 aromatic carbocycles. The van der Waals surface area contributed by atoms with E-state index < -0.39 is 28.5 Å². The number of nitrogens with zero attached hydrogens (tertiary/aromatic N) is 2. The first-order chi connectivity index (χ1) is 13.8. The average Bonchev–Trinajstić information content (AvgIpc) is 2.92. The molecule has 1 fully saturated rings. The van der Waals surface area contributed by atoms with Crippen LogP contribution in [0.3, 0.4) is 0 Å². The standard InChI is InChI=1S/C20H17N3O5S/c1-12-4-3-5-13(2)18(12)21-17(24)11-22-19(25)16(29-20(22)26)10-14-6-8-15(9-7-14)23(27)28/h3-10H,11H2,1-2H3,(H,21,24)/b16-10+. The maximum atomic E-state index is 12.5. The number of non-ortho nitro benzene ring substituents is 1. The molecule has 0 unspecified atom stereocenters. The molecule has 0 radical (unpaired) electrons. The van der Waals surface area contributed by atoms with Gasteiger partial charge in [0, 0.05) is 17.8 Å². The van der Waals surface area contributed by atoms with E-state index in [4.69, 9.17) is 0 Å². The summed E-state index contributed by atoms with van der Waals surface area (Å²) in [5.74, 6) is -1.05. The van der Waals surface area contributed by atoms with Crippen molar-refractivity contribution in [2.24, 2.45) is 0 Å². The number of imide groups is 1. The highest BCUT2D eigenvalue weighted by atomic mass is 32.2. The number of para-hydroxylation sites is 1. The van der Waals surface area contributed by atoms with Crippen molar-refractivity contribution in [1.29, 1.82) is 0 Å². The van der Waals surface area contributed by atoms with Gasteiger partial charge in [0.15, 0.2) is 0 Å². The Hall–Kier alpha value is -3.46. The average molecular weight is 411 g/mol. The van der Waals surface area contributed by atoms with Crippen LogP contribution in [0.25, 0.3) is 6.08 Å². The molecule has 0 spiro atoms. The number of nitro groups is 1. The van der Waals surface area contributed by atoms with Crippen molar-refractivity contribution in [3.63, 3.8) is 0 Å². The third kappa shape index (κ3) is 4.52. The van der Waals surface area contributed by atoms with E-state index in [1.165, 1.54) is 30.3 Å². The Balaban J connectivity index is 1.71. The van der Waals surface area contributed by atoms with Crippen LogP contribution in [0, 0.1) is 24.0 Å². The van der Waals surface area contributed by atoms with Gasteiger partial charge in [0.25, 0.3) is 16.8 Å². The van der Waals surface area contributed by atoms with Gasteiger partial charge in [0.05, 0.1) is 9.83 Å². The summed E-state index contributed by atoms with van der Waals surface area (Å²) in [4.78, 5) is 48.4. The minimum Gasteiger partial charge on any atom is -0.324 e. The first-order valence-corrected chi connectivity index (χ1v) is 9.44. The van der Waals surface area contributed by atoms with Crippen LogP contribution in [0.5, 0.6) is 0 Å². The fraction of sp³-hybridized carbons (Fsp3) is 0.150. The molecule has 0 bridgehead atoms. The lowest BCUT2D eigenvalue weighted by atomic mass is 10.1. The van der Waals surface area contributed by atoms with E-state index in [1.54, 1.807) is 0 Å². The summed E-state index contributed by atoms with van der Waals surface area (Å²) in [7, 11) is 0. The number of aryl methyl sites for hydroxylation is 2. The number of carbonyl (C=O) groups excluding carboxylic acids is 3. The van der Waals surface area contributed by atoms with E-state index in [0.717, 1.165) is 27.8 Å². The van der Waals surface area contributed by atoms with Crippen molar-refractivity contribution >= 4 is 46.3 Å². The Bertz CT molecular complexity index is 1030. The highest BCUT2D eigenvalue weighted by Crippen LogP contribution is 2.32. The van der Waals surface area contributed by atoms with Gasteiger partial charge in [0.1, 0.15) is 6.54 Å². The van der Waals surface area contributed by atoms with E-state index in [9.17, 15) is 24.5 Å². The van der Waals surface area contributed by atoms with Gasteiger partial charge in [0.2, 0.25) is 5.91 Å². The lowest BCUT2D eigenvalue weighted by molar-refractivity contribution is -0.384. The second-order valence-corrected chi connectivity index (χ2v) is 7.42. The predicted octanol–water partition coefficient (Wildman–Crippen LogP) is 3.89. The normalized spacial score (nSPS) is 15.1. The minimum atomic E-state index is -0.574. The van der Waals surface area contributed by atoms with Crippen molar-refractivity contribution in [2.45, 2.75) is 13.8 Å². The van der Waals surface area contributed by atoms with Crippen LogP contribution in [0.1, 0.15) is 16.7 Å². The van der Waals surface area contributed by atoms with Gasteiger partial charge in [-0.3, -0.25) is 29.4 Å². The summed E-state index contributed by atoms with van der Waals surface area (Å²) in [6.07, 6.45) is 1.47. The number of benzene rings is 2. The van der Waals surface area contributed by atoms with Gasteiger partial charge in [-0.05, 0) is 60.5 Å². The van der Waals surface area contributed by atoms with E-state index in [2.05, 4.69) is 5.32 Å². The third-order valence-electron chi connectivity index (χ3n) is 4.32. The van der Waals surface area contributed by atoms with Crippen LogP contribution in [0.4, 0.5) is 16.2 Å². The first kappa shape index (κ1) is 20.3. The summed E-state index contributed by atoms with van der Waals surface area (Å²) in [5, 5.41) is 12.9. The van der Waals surface area contributed by atoms with Crippen LogP contribution in [0.2, 0.25) is 0 Å². The summed E-state index contributed by atoms with van der Waals surface area (Å²) in [6, 6.07) is 11.2. The smallest absolute Gasteiger partial charge is 0.294 e. The van der Waals surface area contributed by atoms with Gasteiger partial charge in [-0.25, -0.2) is 0 Å². The Morgan fingerprint density at radius 2 is 1.76 bits per heavy atom. The molecule has 3 amide bonds. The molecule has 1 heterocycles. The van der Waals surface area contributed by atoms with Crippen molar-refractivity contribution in [3.8, 4) is 0 Å². The first-order valence-electron chi connectivity index (χ1n) is 8.62. The SMILES string of the molecule is Cc1cccc(C)c1NC(=O)CN1C(=O)S/C(=C/c2ccc([N+](=O)[O-])cc2)C1=O. The van der Waals surface area contributed by atoms with E-state index >= 15 is 0 Å². The van der Waals surface area contributed by atoms with Gasteiger partial charge in [-0.15, -0.1) is 0 Å². The molecule has 3 rings (SSSR count). The van der Waals surface area contributed by atoms with Crippen LogP contribution < -0.4 is 5.32 Å². The molecule has 0 aliphatic carbocycles. The number of nitro benzene ring substituents is 1. The van der Waals surface area contributed by atoms with Crippen LogP contribution in [-0.2, 0) is 9.59 Å². The highest BCUT2D eigenvalue weighted by Gasteiger charge is 2.36. The molecule has 0 atom stereocenters. The predicted molar refractivity (Wildman–Crippen MR) is 110 cm³/mol. The van der Waals surface area contributed by atoms with E-state index in [1.807, 2.05) is 32.0 Å². The Kier molecular flexibility index (Phi) is 5.79. The summed E-state index contributed by atoms with van der Waals surface area (Å²) in [5.41, 5.74) is 2.89. The molecule has 9 heteroatoms. The van der Waals surface area contributed by atoms with Crippen molar-refractivity contribution < 1.29 is 19.3 Å². The number of hydrogen-bond acceptors (Lipinski definition) is 6. The van der Waals surface area contributed by atoms with Crippen molar-refractivity contribution in [3.05, 3.63) is 74.2 Å². The zero-order valence-electron chi connectivity index (χ0n) is 15.7. The lowest BCUT2D eigenvalue weighted by Crippen LogP contribution is -2.36. The lowest BCUT2D eigenvalue weighted by Gasteiger charge is -2.15. The molecule has 148 valence electrons. The topological polar surface area (TPSA) is 110 Å². The van der Waals surface area contributed by atoms with Crippen LogP contribution in [0.15, 0.2) is 47.4 Å². The van der Waals surface area contributed by atoms with Crippen LogP contribution >= 0.6 is 11.8 Å². The van der Waals surface area contributed by atoms with Gasteiger partial charge in [-0.1, -0.05) is 18.2 Å². The van der Waals surface area contributed by atoms with Crippen molar-refractivity contribution in [1.82, 2.24) is 4.90 Å². The van der Waals surface area contributed by atoms with Gasteiger partial charge in [-0.2, -0.15) is 0 Å². The maximum Gasteiger partial charge on any atom is 0.294 e. The number of amides is 3. The Morgan fingerprint density at radius 1 is 1.14 bits per heavy atom. The van der Waals surface area contributed by atoms with E-state index in [-0.39, 0.29) is 10.6 Å². The summed E-state index contributed by atoms with van der Waals surface area (Å²) in [6.45, 7) is 3.32. The quantitative estimate of drug-likeness (QED) is 0.454. The molecule has 1 aliphatic heterocycles. The number of hydrogen-bond donors (Lipinski definition) is 1. The second kappa shape index (κ2) is 8.27. The van der Waals surface area contributed by atoms with Gasteiger partial charge >= 0.3 is 0 Å². The number of nitrogens with one attached hydrogen (secondary N) is 1. The Morgan fingerprint density at radius 3 is 2.34 bits per heavy atom. The molecule has 29 heavy (non-hydrogen) atoms. The summed E-state index contributed by atoms with van der Waals surface area (Å²) < 4.78 is 0. The molecule has 1 saturated heterocycles. The van der Waals surface area contributed by atoms with Crippen LogP contribution in [-0.4, -0.2) is 33.4 Å². The largest absolute Gasteiger partial charge is 0.324 e. The minimum absolute atomic E-state index is 0.0709. The maximum absolute atomic E-state index is 12.5. The zero-order valence-corrected chi connectivity index (χ0v) is 16.5.